The number of carboxylic acids is 1. The Balaban J connectivity index is 2.69. The van der Waals surface area contributed by atoms with Crippen LogP contribution in [0, 0.1) is 6.92 Å². The highest BCUT2D eigenvalue weighted by molar-refractivity contribution is 7.88. The fourth-order valence-corrected chi connectivity index (χ4v) is 3.48. The summed E-state index contributed by atoms with van der Waals surface area (Å²) in [6.07, 6.45) is 0.176. The van der Waals surface area contributed by atoms with Crippen LogP contribution in [0.2, 0.25) is 0 Å². The molecule has 0 amide bonds. The van der Waals surface area contributed by atoms with Crippen molar-refractivity contribution < 1.29 is 18.3 Å². The molecule has 2 N–H and O–H groups in total. The van der Waals surface area contributed by atoms with Crippen LogP contribution in [0.5, 0.6) is 0 Å². The van der Waals surface area contributed by atoms with Gasteiger partial charge in [0, 0.05) is 12.0 Å². The van der Waals surface area contributed by atoms with E-state index in [0.717, 1.165) is 5.56 Å². The first-order valence-corrected chi connectivity index (χ1v) is 8.04. The Kier molecular flexibility index (Phi) is 5.30. The Morgan fingerprint density at radius 1 is 1.25 bits per heavy atom. The Hall–Kier alpha value is -1.40. The van der Waals surface area contributed by atoms with E-state index in [1.165, 1.54) is 0 Å². The van der Waals surface area contributed by atoms with E-state index in [4.69, 9.17) is 5.11 Å². The van der Waals surface area contributed by atoms with E-state index < -0.39 is 21.5 Å². The molecular weight excluding hydrogens is 278 g/mol. The summed E-state index contributed by atoms with van der Waals surface area (Å²) in [7, 11) is -3.50. The minimum Gasteiger partial charge on any atom is -0.481 e. The van der Waals surface area contributed by atoms with Gasteiger partial charge in [0.15, 0.2) is 0 Å². The van der Waals surface area contributed by atoms with Gasteiger partial charge < -0.3 is 5.11 Å². The summed E-state index contributed by atoms with van der Waals surface area (Å²) in [5.74, 6) is -1.04. The third-order valence-electron chi connectivity index (χ3n) is 2.87. The van der Waals surface area contributed by atoms with Gasteiger partial charge >= 0.3 is 5.97 Å². The van der Waals surface area contributed by atoms with Crippen LogP contribution in [-0.4, -0.2) is 25.0 Å². The van der Waals surface area contributed by atoms with Gasteiger partial charge in [0.05, 0.1) is 5.75 Å². The summed E-state index contributed by atoms with van der Waals surface area (Å²) in [4.78, 5) is 10.6. The van der Waals surface area contributed by atoms with Gasteiger partial charge in [-0.3, -0.25) is 4.79 Å². The lowest BCUT2D eigenvalue weighted by molar-refractivity contribution is -0.137. The summed E-state index contributed by atoms with van der Waals surface area (Å²) in [5.41, 5.74) is 1.00. The van der Waals surface area contributed by atoms with Crippen molar-refractivity contribution in [3.05, 3.63) is 35.4 Å². The maximum Gasteiger partial charge on any atom is 0.303 e. The van der Waals surface area contributed by atoms with Crippen LogP contribution in [0.3, 0.4) is 0 Å². The van der Waals surface area contributed by atoms with E-state index in [1.807, 2.05) is 19.1 Å². The van der Waals surface area contributed by atoms with Crippen LogP contribution in [0.4, 0.5) is 0 Å². The number of hydrogen-bond acceptors (Lipinski definition) is 3. The van der Waals surface area contributed by atoms with Crippen molar-refractivity contribution in [2.45, 2.75) is 44.9 Å². The van der Waals surface area contributed by atoms with Crippen LogP contribution in [0.15, 0.2) is 24.3 Å². The molecule has 1 aromatic rings. The molecule has 1 rings (SSSR count). The van der Waals surface area contributed by atoms with Gasteiger partial charge in [-0.15, -0.1) is 0 Å². The zero-order valence-electron chi connectivity index (χ0n) is 12.0. The molecule has 0 aliphatic rings. The highest BCUT2D eigenvalue weighted by atomic mass is 32.2. The fourth-order valence-electron chi connectivity index (χ4n) is 1.83. The molecule has 0 aliphatic heterocycles. The molecule has 0 aromatic heterocycles. The molecule has 20 heavy (non-hydrogen) atoms. The molecule has 0 saturated carbocycles. The Morgan fingerprint density at radius 3 is 2.30 bits per heavy atom. The second-order valence-corrected chi connectivity index (χ2v) is 7.35. The number of aryl methyl sites for hydroxylation is 1. The largest absolute Gasteiger partial charge is 0.481 e. The average Bonchev–Trinajstić information content (AvgIpc) is 2.28. The average molecular weight is 299 g/mol. The van der Waals surface area contributed by atoms with Gasteiger partial charge in [-0.25, -0.2) is 13.1 Å². The second kappa shape index (κ2) is 6.37. The molecule has 0 radical (unpaired) electrons. The van der Waals surface area contributed by atoms with Gasteiger partial charge in [-0.1, -0.05) is 29.8 Å². The van der Waals surface area contributed by atoms with Crippen molar-refractivity contribution in [3.63, 3.8) is 0 Å². The predicted molar refractivity (Wildman–Crippen MR) is 77.9 cm³/mol. The van der Waals surface area contributed by atoms with Crippen molar-refractivity contribution in [3.8, 4) is 0 Å². The number of rotatable bonds is 7. The summed E-state index contributed by atoms with van der Waals surface area (Å²) >= 11 is 0. The van der Waals surface area contributed by atoms with Crippen LogP contribution < -0.4 is 4.72 Å². The number of hydrogen-bond donors (Lipinski definition) is 2. The molecule has 0 unspecified atom stereocenters. The molecular formula is C14H21NO4S. The summed E-state index contributed by atoms with van der Waals surface area (Å²) in [5, 5.41) is 8.66. The predicted octanol–water partition coefficient (Wildman–Crippen LogP) is 2.06. The van der Waals surface area contributed by atoms with Crippen molar-refractivity contribution in [1.29, 1.82) is 0 Å². The first-order chi connectivity index (χ1) is 9.10. The third kappa shape index (κ3) is 6.16. The molecule has 112 valence electrons. The minimum atomic E-state index is -3.50. The van der Waals surface area contributed by atoms with E-state index in [-0.39, 0.29) is 18.6 Å². The van der Waals surface area contributed by atoms with Gasteiger partial charge in [0.1, 0.15) is 0 Å². The van der Waals surface area contributed by atoms with Gasteiger partial charge in [-0.2, -0.15) is 0 Å². The highest BCUT2D eigenvalue weighted by Gasteiger charge is 2.25. The minimum absolute atomic E-state index is 0.0694. The topological polar surface area (TPSA) is 83.5 Å². The van der Waals surface area contributed by atoms with E-state index in [2.05, 4.69) is 4.72 Å². The molecule has 0 bridgehead atoms. The zero-order valence-corrected chi connectivity index (χ0v) is 12.8. The Morgan fingerprint density at radius 2 is 1.80 bits per heavy atom. The van der Waals surface area contributed by atoms with E-state index >= 15 is 0 Å². The molecule has 0 fully saturated rings. The lowest BCUT2D eigenvalue weighted by Crippen LogP contribution is -2.44. The highest BCUT2D eigenvalue weighted by Crippen LogP contribution is 2.15. The van der Waals surface area contributed by atoms with Crippen molar-refractivity contribution in [1.82, 2.24) is 4.72 Å². The van der Waals surface area contributed by atoms with Crippen LogP contribution in [0.25, 0.3) is 0 Å². The smallest absolute Gasteiger partial charge is 0.303 e. The molecule has 0 aliphatic carbocycles. The fraction of sp³-hybridized carbons (Fsp3) is 0.500. The molecule has 6 heteroatoms. The number of carboxylic acid groups (broad SMARTS) is 1. The standard InChI is InChI=1S/C14H21NO4S/c1-11-4-6-12(7-5-11)10-20(18,19)15-14(2,3)9-8-13(16)17/h4-7,15H,8-10H2,1-3H3,(H,16,17). The second-order valence-electron chi connectivity index (χ2n) is 5.62. The van der Waals surface area contributed by atoms with Crippen molar-refractivity contribution >= 4 is 16.0 Å². The van der Waals surface area contributed by atoms with E-state index in [1.54, 1.807) is 26.0 Å². The maximum absolute atomic E-state index is 12.1. The van der Waals surface area contributed by atoms with Crippen LogP contribution in [0.1, 0.15) is 37.8 Å². The number of benzene rings is 1. The number of sulfonamides is 1. The van der Waals surface area contributed by atoms with Crippen molar-refractivity contribution in [2.75, 3.05) is 0 Å². The molecule has 0 atom stereocenters. The summed E-state index contributed by atoms with van der Waals surface area (Å²) in [6.45, 7) is 5.30. The molecule has 5 nitrogen and oxygen atoms in total. The van der Waals surface area contributed by atoms with E-state index in [0.29, 0.717) is 5.56 Å². The quantitative estimate of drug-likeness (QED) is 0.807. The monoisotopic (exact) mass is 299 g/mol. The number of carbonyl (C=O) groups is 1. The van der Waals surface area contributed by atoms with Gasteiger partial charge in [0.2, 0.25) is 10.0 Å². The Bertz CT molecular complexity index is 561. The van der Waals surface area contributed by atoms with Crippen LogP contribution >= 0.6 is 0 Å². The van der Waals surface area contributed by atoms with Crippen LogP contribution in [-0.2, 0) is 20.6 Å². The number of aliphatic carboxylic acids is 1. The first-order valence-electron chi connectivity index (χ1n) is 6.39. The lowest BCUT2D eigenvalue weighted by atomic mass is 10.0. The SMILES string of the molecule is Cc1ccc(CS(=O)(=O)NC(C)(C)CCC(=O)O)cc1. The molecule has 0 spiro atoms. The third-order valence-corrected chi connectivity index (χ3v) is 4.45. The summed E-state index contributed by atoms with van der Waals surface area (Å²) < 4.78 is 26.7. The van der Waals surface area contributed by atoms with Gasteiger partial charge in [0.25, 0.3) is 0 Å². The number of nitrogens with one attached hydrogen (secondary N) is 1. The van der Waals surface area contributed by atoms with Gasteiger partial charge in [-0.05, 0) is 32.8 Å². The Labute approximate surface area is 120 Å². The first kappa shape index (κ1) is 16.7. The van der Waals surface area contributed by atoms with E-state index in [9.17, 15) is 13.2 Å². The zero-order chi connectivity index (χ0) is 15.4. The summed E-state index contributed by atoms with van der Waals surface area (Å²) in [6, 6.07) is 7.28. The molecule has 0 saturated heterocycles. The maximum atomic E-state index is 12.1. The molecule has 0 heterocycles. The van der Waals surface area contributed by atoms with Crippen molar-refractivity contribution in [2.24, 2.45) is 0 Å². The normalized spacial score (nSPS) is 12.3. The lowest BCUT2D eigenvalue weighted by Gasteiger charge is -2.25. The molecule has 1 aromatic carbocycles.